The number of aromatic amines is 1. The number of aromatic nitrogens is 3. The second-order valence-electron chi connectivity index (χ2n) is 5.16. The van der Waals surface area contributed by atoms with Gasteiger partial charge >= 0.3 is 0 Å². The molecule has 0 unspecified atom stereocenters. The summed E-state index contributed by atoms with van der Waals surface area (Å²) in [6.45, 7) is 8.61. The molecule has 0 spiro atoms. The highest BCUT2D eigenvalue weighted by Crippen LogP contribution is 2.17. The van der Waals surface area contributed by atoms with E-state index >= 15 is 0 Å². The molecule has 0 radical (unpaired) electrons. The van der Waals surface area contributed by atoms with Crippen molar-refractivity contribution in [2.45, 2.75) is 20.3 Å². The van der Waals surface area contributed by atoms with Crippen LogP contribution in [0, 0.1) is 0 Å². The molecule has 5 heteroatoms. The van der Waals surface area contributed by atoms with Crippen LogP contribution in [0.3, 0.4) is 0 Å². The lowest BCUT2D eigenvalue weighted by Gasteiger charge is -2.18. The first-order chi connectivity index (χ1) is 9.99. The van der Waals surface area contributed by atoms with Gasteiger partial charge in [-0.3, -0.25) is 4.79 Å². The quantitative estimate of drug-likeness (QED) is 0.856. The van der Waals surface area contributed by atoms with Crippen LogP contribution in [0.2, 0.25) is 0 Å². The van der Waals surface area contributed by atoms with Crippen LogP contribution >= 0.6 is 0 Å². The van der Waals surface area contributed by atoms with Crippen molar-refractivity contribution in [1.82, 2.24) is 15.0 Å². The van der Waals surface area contributed by atoms with E-state index in [1.54, 1.807) is 6.20 Å². The average molecular weight is 284 g/mol. The van der Waals surface area contributed by atoms with Crippen molar-refractivity contribution in [2.24, 2.45) is 0 Å². The number of nitrogens with one attached hydrogen (secondary N) is 1. The number of nitrogens with zero attached hydrogens (tertiary/aromatic N) is 3. The summed E-state index contributed by atoms with van der Waals surface area (Å²) in [5.74, 6) is 1.41. The molecule has 0 aromatic carbocycles. The van der Waals surface area contributed by atoms with Crippen LogP contribution in [0.4, 0.5) is 5.82 Å². The number of H-pyrrole nitrogens is 1. The largest absolute Gasteiger partial charge is 0.356 e. The van der Waals surface area contributed by atoms with E-state index in [1.165, 1.54) is 6.07 Å². The van der Waals surface area contributed by atoms with Crippen LogP contribution in [0.1, 0.15) is 19.5 Å². The highest BCUT2D eigenvalue weighted by Gasteiger charge is 2.06. The van der Waals surface area contributed by atoms with Crippen molar-refractivity contribution < 1.29 is 0 Å². The van der Waals surface area contributed by atoms with Gasteiger partial charge in [-0.2, -0.15) is 0 Å². The summed E-state index contributed by atoms with van der Waals surface area (Å²) in [7, 11) is 1.97. The predicted molar refractivity (Wildman–Crippen MR) is 85.6 cm³/mol. The van der Waals surface area contributed by atoms with Gasteiger partial charge < -0.3 is 9.88 Å². The van der Waals surface area contributed by atoms with Crippen LogP contribution in [0.5, 0.6) is 0 Å². The maximum absolute atomic E-state index is 11.6. The van der Waals surface area contributed by atoms with Gasteiger partial charge in [-0.1, -0.05) is 19.1 Å². The van der Waals surface area contributed by atoms with Gasteiger partial charge in [-0.15, -0.1) is 0 Å². The van der Waals surface area contributed by atoms with E-state index in [1.807, 2.05) is 37.9 Å². The van der Waals surface area contributed by atoms with E-state index in [0.29, 0.717) is 5.82 Å². The fraction of sp³-hybridized carbons (Fsp3) is 0.312. The summed E-state index contributed by atoms with van der Waals surface area (Å²) >= 11 is 0. The topological polar surface area (TPSA) is 61.9 Å². The molecule has 2 heterocycles. The molecular formula is C16H20N4O. The Kier molecular flexibility index (Phi) is 4.52. The summed E-state index contributed by atoms with van der Waals surface area (Å²) in [6.07, 6.45) is 2.45. The molecule has 0 aliphatic heterocycles. The molecule has 2 aromatic rings. The number of likely N-dealkylation sites (N-methyl/N-ethyl adjacent to an activating group) is 1. The highest BCUT2D eigenvalue weighted by atomic mass is 16.1. The van der Waals surface area contributed by atoms with E-state index < -0.39 is 0 Å². The summed E-state index contributed by atoms with van der Waals surface area (Å²) in [5.41, 5.74) is 2.51. The molecule has 21 heavy (non-hydrogen) atoms. The number of pyridine rings is 1. The van der Waals surface area contributed by atoms with E-state index in [2.05, 4.69) is 21.5 Å². The minimum absolute atomic E-state index is 0.139. The predicted octanol–water partition coefficient (Wildman–Crippen LogP) is 2.41. The third kappa shape index (κ3) is 3.78. The third-order valence-corrected chi connectivity index (χ3v) is 3.08. The standard InChI is InChI=1S/C16H20N4O/c1-5-13-8-15(21)19-16(18-13)12-6-7-14(17-9-12)20(4)10-11(2)3/h6-9H,2,5,10H2,1,3-4H3,(H,18,19,21). The fourth-order valence-electron chi connectivity index (χ4n) is 2.06. The lowest BCUT2D eigenvalue weighted by molar-refractivity contribution is 0.951. The molecule has 0 bridgehead atoms. The van der Waals surface area contributed by atoms with E-state index in [4.69, 9.17) is 0 Å². The van der Waals surface area contributed by atoms with E-state index in [9.17, 15) is 4.79 Å². The summed E-state index contributed by atoms with van der Waals surface area (Å²) < 4.78 is 0. The Bertz CT molecular complexity index is 688. The molecule has 0 atom stereocenters. The molecule has 2 rings (SSSR count). The molecule has 1 N–H and O–H groups in total. The maximum Gasteiger partial charge on any atom is 0.251 e. The number of aryl methyl sites for hydroxylation is 1. The fourth-order valence-corrected chi connectivity index (χ4v) is 2.06. The van der Waals surface area contributed by atoms with Crippen molar-refractivity contribution >= 4 is 5.82 Å². The van der Waals surface area contributed by atoms with Crippen molar-refractivity contribution in [3.05, 3.63) is 52.6 Å². The highest BCUT2D eigenvalue weighted by molar-refractivity contribution is 5.56. The van der Waals surface area contributed by atoms with Crippen molar-refractivity contribution in [1.29, 1.82) is 0 Å². The molecule has 5 nitrogen and oxygen atoms in total. The van der Waals surface area contributed by atoms with Crippen LogP contribution in [-0.4, -0.2) is 28.5 Å². The maximum atomic E-state index is 11.6. The molecule has 0 aliphatic carbocycles. The summed E-state index contributed by atoms with van der Waals surface area (Å²) in [4.78, 5) is 25.2. The lowest BCUT2D eigenvalue weighted by atomic mass is 10.2. The van der Waals surface area contributed by atoms with E-state index in [-0.39, 0.29) is 5.56 Å². The van der Waals surface area contributed by atoms with Gasteiger partial charge in [0.25, 0.3) is 5.56 Å². The zero-order valence-electron chi connectivity index (χ0n) is 12.7. The minimum Gasteiger partial charge on any atom is -0.356 e. The monoisotopic (exact) mass is 284 g/mol. The zero-order valence-corrected chi connectivity index (χ0v) is 12.7. The van der Waals surface area contributed by atoms with E-state index in [0.717, 1.165) is 35.6 Å². The number of hydrogen-bond acceptors (Lipinski definition) is 4. The molecule has 0 fully saturated rings. The van der Waals surface area contributed by atoms with Crippen LogP contribution in [0.25, 0.3) is 11.4 Å². The molecule has 0 amide bonds. The first-order valence-electron chi connectivity index (χ1n) is 6.91. The zero-order chi connectivity index (χ0) is 15.4. The van der Waals surface area contributed by atoms with Crippen molar-refractivity contribution in [2.75, 3.05) is 18.5 Å². The van der Waals surface area contributed by atoms with Crippen molar-refractivity contribution in [3.63, 3.8) is 0 Å². The number of anilines is 1. The number of rotatable bonds is 5. The van der Waals surface area contributed by atoms with Gasteiger partial charge in [-0.05, 0) is 25.5 Å². The SMILES string of the molecule is C=C(C)CN(C)c1ccc(-c2nc(CC)cc(=O)[nH]2)cn1. The normalized spacial score (nSPS) is 10.4. The van der Waals surface area contributed by atoms with Gasteiger partial charge in [0.1, 0.15) is 11.6 Å². The van der Waals surface area contributed by atoms with Crippen LogP contribution < -0.4 is 10.5 Å². The Labute approximate surface area is 124 Å². The summed E-state index contributed by atoms with van der Waals surface area (Å²) in [5, 5.41) is 0. The first kappa shape index (κ1) is 15.0. The molecular weight excluding hydrogens is 264 g/mol. The Hall–Kier alpha value is -2.43. The third-order valence-electron chi connectivity index (χ3n) is 3.08. The molecule has 110 valence electrons. The van der Waals surface area contributed by atoms with Gasteiger partial charge in [-0.25, -0.2) is 9.97 Å². The van der Waals surface area contributed by atoms with Gasteiger partial charge in [0.15, 0.2) is 0 Å². The van der Waals surface area contributed by atoms with Gasteiger partial charge in [0.2, 0.25) is 0 Å². The second kappa shape index (κ2) is 6.35. The van der Waals surface area contributed by atoms with Crippen LogP contribution in [-0.2, 0) is 6.42 Å². The molecule has 0 saturated heterocycles. The summed E-state index contributed by atoms with van der Waals surface area (Å²) in [6, 6.07) is 5.35. The number of hydrogen-bond donors (Lipinski definition) is 1. The Morgan fingerprint density at radius 2 is 2.19 bits per heavy atom. The van der Waals surface area contributed by atoms with Crippen molar-refractivity contribution in [3.8, 4) is 11.4 Å². The van der Waals surface area contributed by atoms with Crippen LogP contribution in [0.15, 0.2) is 41.3 Å². The molecule has 0 aliphatic rings. The molecule has 0 saturated carbocycles. The van der Waals surface area contributed by atoms with Gasteiger partial charge in [0, 0.05) is 37.1 Å². The van der Waals surface area contributed by atoms with Gasteiger partial charge in [0.05, 0.1) is 0 Å². The Morgan fingerprint density at radius 3 is 2.76 bits per heavy atom. The lowest BCUT2D eigenvalue weighted by Crippen LogP contribution is -2.20. The Morgan fingerprint density at radius 1 is 1.43 bits per heavy atom. The molecule has 2 aromatic heterocycles. The minimum atomic E-state index is -0.139. The Balaban J connectivity index is 2.28. The average Bonchev–Trinajstić information content (AvgIpc) is 2.46. The first-order valence-corrected chi connectivity index (χ1v) is 6.91. The second-order valence-corrected chi connectivity index (χ2v) is 5.16. The smallest absolute Gasteiger partial charge is 0.251 e.